The molecule has 0 fully saturated rings. The van der Waals surface area contributed by atoms with Crippen molar-refractivity contribution >= 4 is 5.82 Å². The summed E-state index contributed by atoms with van der Waals surface area (Å²) in [6.07, 6.45) is 0. The average Bonchev–Trinajstić information content (AvgIpc) is 2.35. The number of nitrogens with two attached hydrogens (primary N) is 1. The summed E-state index contributed by atoms with van der Waals surface area (Å²) in [5, 5.41) is 9.21. The first-order chi connectivity index (χ1) is 8.54. The van der Waals surface area contributed by atoms with Crippen LogP contribution in [0.2, 0.25) is 0 Å². The van der Waals surface area contributed by atoms with E-state index in [1.165, 1.54) is 12.1 Å². The van der Waals surface area contributed by atoms with E-state index < -0.39 is 0 Å². The molecule has 18 heavy (non-hydrogen) atoms. The third-order valence-corrected chi connectivity index (χ3v) is 3.02. The number of nitrogens with one attached hydrogen (secondary N) is 1. The number of benzene rings is 1. The van der Waals surface area contributed by atoms with Crippen molar-refractivity contribution < 1.29 is 9.37 Å². The van der Waals surface area contributed by atoms with Crippen LogP contribution >= 0.6 is 0 Å². The Hall–Kier alpha value is -2.41. The molecule has 0 bridgehead atoms. The number of aryl methyl sites for hydroxylation is 1. The molecule has 0 atom stereocenters. The van der Waals surface area contributed by atoms with E-state index in [9.17, 15) is 9.65 Å². The molecule has 0 saturated heterocycles. The summed E-state index contributed by atoms with van der Waals surface area (Å²) < 4.78 is 12.9. The van der Waals surface area contributed by atoms with Gasteiger partial charge in [-0.25, -0.2) is 9.37 Å². The number of hydrogen-bond donors (Lipinski definition) is 1. The van der Waals surface area contributed by atoms with Crippen molar-refractivity contribution in [3.8, 4) is 17.2 Å². The van der Waals surface area contributed by atoms with Gasteiger partial charge in [0.1, 0.15) is 23.1 Å². The van der Waals surface area contributed by atoms with Crippen LogP contribution in [0.1, 0.15) is 16.8 Å². The first-order valence-electron chi connectivity index (χ1n) is 5.52. The van der Waals surface area contributed by atoms with Crippen LogP contribution in [0.5, 0.6) is 0 Å². The van der Waals surface area contributed by atoms with Crippen molar-refractivity contribution in [1.29, 1.82) is 5.26 Å². The van der Waals surface area contributed by atoms with Gasteiger partial charge in [0, 0.05) is 11.1 Å². The van der Waals surface area contributed by atoms with Gasteiger partial charge in [0.2, 0.25) is 0 Å². The summed E-state index contributed by atoms with van der Waals surface area (Å²) in [5.74, 6) is 0.0297. The lowest BCUT2D eigenvalue weighted by Crippen LogP contribution is -2.18. The van der Waals surface area contributed by atoms with E-state index in [-0.39, 0.29) is 5.82 Å². The van der Waals surface area contributed by atoms with E-state index in [2.05, 4.69) is 11.1 Å². The van der Waals surface area contributed by atoms with E-state index in [0.717, 1.165) is 22.4 Å². The highest BCUT2D eigenvalue weighted by Gasteiger charge is 2.18. The Morgan fingerprint density at radius 1 is 1.22 bits per heavy atom. The second kappa shape index (κ2) is 4.46. The maximum absolute atomic E-state index is 12.9. The van der Waals surface area contributed by atoms with Gasteiger partial charge in [0.05, 0.1) is 0 Å². The lowest BCUT2D eigenvalue weighted by Gasteiger charge is -2.09. The molecule has 0 aliphatic heterocycles. The normalized spacial score (nSPS) is 10.1. The van der Waals surface area contributed by atoms with Gasteiger partial charge in [-0.3, -0.25) is 5.73 Å². The van der Waals surface area contributed by atoms with Crippen molar-refractivity contribution in [3.63, 3.8) is 0 Å². The van der Waals surface area contributed by atoms with Crippen molar-refractivity contribution in [2.24, 2.45) is 0 Å². The van der Waals surface area contributed by atoms with Gasteiger partial charge < -0.3 is 0 Å². The summed E-state index contributed by atoms with van der Waals surface area (Å²) in [6.45, 7) is 3.80. The van der Waals surface area contributed by atoms with Crippen LogP contribution in [0.4, 0.5) is 10.2 Å². The van der Waals surface area contributed by atoms with E-state index in [4.69, 9.17) is 5.73 Å². The predicted octanol–water partition coefficient (Wildman–Crippen LogP) is 2.38. The van der Waals surface area contributed by atoms with Crippen molar-refractivity contribution in [1.82, 2.24) is 0 Å². The third-order valence-electron chi connectivity index (χ3n) is 3.02. The molecule has 0 radical (unpaired) electrons. The van der Waals surface area contributed by atoms with Gasteiger partial charge in [0.25, 0.3) is 5.82 Å². The molecule has 0 unspecified atom stereocenters. The SMILES string of the molecule is Cc1[nH+]c(N)c(C#N)c(-c2ccc(F)cc2)c1C. The molecule has 0 aliphatic rings. The van der Waals surface area contributed by atoms with E-state index in [1.54, 1.807) is 12.1 Å². The van der Waals surface area contributed by atoms with Crippen LogP contribution in [0.15, 0.2) is 24.3 Å². The highest BCUT2D eigenvalue weighted by atomic mass is 19.1. The van der Waals surface area contributed by atoms with Crippen LogP contribution in [0.25, 0.3) is 11.1 Å². The number of pyridine rings is 1. The second-order valence-corrected chi connectivity index (χ2v) is 4.16. The lowest BCUT2D eigenvalue weighted by atomic mass is 9.95. The fourth-order valence-corrected chi connectivity index (χ4v) is 1.96. The maximum atomic E-state index is 12.9. The Morgan fingerprint density at radius 2 is 1.83 bits per heavy atom. The molecule has 0 saturated carbocycles. The van der Waals surface area contributed by atoms with E-state index in [1.807, 2.05) is 13.8 Å². The van der Waals surface area contributed by atoms with Gasteiger partial charge >= 0.3 is 0 Å². The summed E-state index contributed by atoms with van der Waals surface area (Å²) in [5.41, 5.74) is 9.58. The topological polar surface area (TPSA) is 63.9 Å². The van der Waals surface area contributed by atoms with Gasteiger partial charge in [-0.1, -0.05) is 12.1 Å². The standard InChI is InChI=1S/C14H12FN3/c1-8-9(2)18-14(17)12(7-16)13(8)10-3-5-11(15)6-4-10/h3-6H,1-2H3,(H2,17,18)/p+1. The number of hydrogen-bond acceptors (Lipinski definition) is 2. The lowest BCUT2D eigenvalue weighted by molar-refractivity contribution is -0.370. The highest BCUT2D eigenvalue weighted by molar-refractivity contribution is 5.77. The molecule has 0 amide bonds. The number of nitrogens with zero attached hydrogens (tertiary/aromatic N) is 1. The maximum Gasteiger partial charge on any atom is 0.289 e. The fraction of sp³-hybridized carbons (Fsp3) is 0.143. The minimum absolute atomic E-state index is 0.304. The molecular weight excluding hydrogens is 229 g/mol. The number of aromatic nitrogens is 1. The van der Waals surface area contributed by atoms with Crippen molar-refractivity contribution in [2.45, 2.75) is 13.8 Å². The average molecular weight is 242 g/mol. The predicted molar refractivity (Wildman–Crippen MR) is 67.0 cm³/mol. The zero-order valence-electron chi connectivity index (χ0n) is 10.2. The largest absolute Gasteiger partial charge is 0.289 e. The molecular formula is C14H13FN3+. The molecule has 2 rings (SSSR count). The summed E-state index contributed by atoms with van der Waals surface area (Å²) in [4.78, 5) is 2.96. The number of halogens is 1. The van der Waals surface area contributed by atoms with Crippen molar-refractivity contribution in [2.75, 3.05) is 5.73 Å². The summed E-state index contributed by atoms with van der Waals surface area (Å²) in [6, 6.07) is 8.14. The van der Waals surface area contributed by atoms with Crippen LogP contribution in [0, 0.1) is 31.0 Å². The minimum Gasteiger partial charge on any atom is -0.286 e. The second-order valence-electron chi connectivity index (χ2n) is 4.16. The molecule has 4 heteroatoms. The number of nitrogen functional groups attached to an aromatic ring is 1. The smallest absolute Gasteiger partial charge is 0.286 e. The number of H-pyrrole nitrogens is 1. The van der Waals surface area contributed by atoms with Gasteiger partial charge in [-0.2, -0.15) is 5.26 Å². The number of nitriles is 1. The fourth-order valence-electron chi connectivity index (χ4n) is 1.96. The Morgan fingerprint density at radius 3 is 2.39 bits per heavy atom. The quantitative estimate of drug-likeness (QED) is 0.834. The minimum atomic E-state index is -0.304. The first kappa shape index (κ1) is 12.1. The Bertz CT molecular complexity index is 640. The van der Waals surface area contributed by atoms with Gasteiger partial charge in [-0.15, -0.1) is 0 Å². The molecule has 0 aliphatic carbocycles. The Labute approximate surface area is 105 Å². The molecule has 1 heterocycles. The van der Waals surface area contributed by atoms with Crippen LogP contribution in [-0.2, 0) is 0 Å². The molecule has 3 N–H and O–H groups in total. The molecule has 2 aromatic rings. The van der Waals surface area contributed by atoms with Crippen molar-refractivity contribution in [3.05, 3.63) is 46.9 Å². The summed E-state index contributed by atoms with van der Waals surface area (Å²) in [7, 11) is 0. The van der Waals surface area contributed by atoms with Crippen LogP contribution in [-0.4, -0.2) is 0 Å². The number of rotatable bonds is 1. The highest BCUT2D eigenvalue weighted by Crippen LogP contribution is 2.29. The molecule has 0 spiro atoms. The first-order valence-corrected chi connectivity index (χ1v) is 5.52. The molecule has 3 nitrogen and oxygen atoms in total. The molecule has 1 aromatic carbocycles. The van der Waals surface area contributed by atoms with E-state index >= 15 is 0 Å². The zero-order chi connectivity index (χ0) is 13.3. The number of aromatic amines is 1. The van der Waals surface area contributed by atoms with E-state index in [0.29, 0.717) is 11.4 Å². The third kappa shape index (κ3) is 1.91. The molecule has 90 valence electrons. The Balaban J connectivity index is 2.77. The van der Waals surface area contributed by atoms with Crippen LogP contribution < -0.4 is 10.7 Å². The van der Waals surface area contributed by atoms with Crippen LogP contribution in [0.3, 0.4) is 0 Å². The molecule has 1 aromatic heterocycles. The zero-order valence-corrected chi connectivity index (χ0v) is 10.2. The van der Waals surface area contributed by atoms with Gasteiger partial charge in [0.15, 0.2) is 0 Å². The number of anilines is 1. The monoisotopic (exact) mass is 242 g/mol. The van der Waals surface area contributed by atoms with Gasteiger partial charge in [-0.05, 0) is 31.5 Å². The Kier molecular flexibility index (Phi) is 2.99. The summed E-state index contributed by atoms with van der Waals surface area (Å²) >= 11 is 0.